The molecular weight excluding hydrogens is 532 g/mol. The van der Waals surface area contributed by atoms with Crippen molar-refractivity contribution in [2.45, 2.75) is 104 Å². The normalized spacial score (nSPS) is 19.8. The van der Waals surface area contributed by atoms with Crippen molar-refractivity contribution in [1.82, 2.24) is 15.1 Å². The molecule has 0 bridgehead atoms. The van der Waals surface area contributed by atoms with Gasteiger partial charge in [0.25, 0.3) is 0 Å². The van der Waals surface area contributed by atoms with Gasteiger partial charge in [-0.3, -0.25) is 14.6 Å². The highest BCUT2D eigenvalue weighted by Gasteiger charge is 2.38. The molecule has 0 aliphatic carbocycles. The third kappa shape index (κ3) is 7.43. The maximum atomic E-state index is 12.6. The number of ether oxygens (including phenoxy) is 1. The van der Waals surface area contributed by atoms with Crippen molar-refractivity contribution in [2.24, 2.45) is 0 Å². The van der Waals surface area contributed by atoms with Crippen LogP contribution in [-0.4, -0.2) is 69.8 Å². The zero-order valence-electron chi connectivity index (χ0n) is 26.0. The van der Waals surface area contributed by atoms with Crippen LogP contribution in [0, 0.1) is 0 Å². The molecule has 42 heavy (non-hydrogen) atoms. The zero-order chi connectivity index (χ0) is 30.8. The van der Waals surface area contributed by atoms with Gasteiger partial charge in [-0.05, 0) is 95.2 Å². The second kappa shape index (κ2) is 12.7. The average molecular weight is 579 g/mol. The number of hydrogen-bond donors (Lipinski definition) is 2. The first kappa shape index (κ1) is 31.3. The Morgan fingerprint density at radius 3 is 2.21 bits per heavy atom. The quantitative estimate of drug-likeness (QED) is 0.410. The Morgan fingerprint density at radius 2 is 1.67 bits per heavy atom. The second-order valence-electron chi connectivity index (χ2n) is 12.9. The van der Waals surface area contributed by atoms with Gasteiger partial charge in [0.05, 0.1) is 6.04 Å². The summed E-state index contributed by atoms with van der Waals surface area (Å²) in [6.45, 7) is 15.5. The molecule has 0 unspecified atom stereocenters. The first-order valence-corrected chi connectivity index (χ1v) is 15.0. The van der Waals surface area contributed by atoms with E-state index in [-0.39, 0.29) is 36.2 Å². The van der Waals surface area contributed by atoms with Gasteiger partial charge in [0.15, 0.2) is 0 Å². The standard InChI is InChI=1S/C33H46N4O5/c1-21(2)36(32(40)41)30-18-22(3)37(23(4)38)29-13-12-26(19-28(29)30)25-10-8-24(9-11-25)20-35-16-14-27(15-17-35)34-31(39)42-33(5,6)7/h8-13,19,21-22,27,30H,14-18,20H2,1-7H3,(H,34,39)(H,40,41)/t22-,30+/m0/s1. The van der Waals surface area contributed by atoms with E-state index in [0.717, 1.165) is 54.9 Å². The van der Waals surface area contributed by atoms with E-state index in [1.165, 1.54) is 10.5 Å². The molecule has 0 spiro atoms. The van der Waals surface area contributed by atoms with Gasteiger partial charge in [-0.1, -0.05) is 30.3 Å². The average Bonchev–Trinajstić information content (AvgIpc) is 2.88. The number of rotatable bonds is 6. The molecule has 2 aliphatic rings. The summed E-state index contributed by atoms with van der Waals surface area (Å²) < 4.78 is 5.39. The Balaban J connectivity index is 1.46. The number of amides is 3. The number of alkyl carbamates (subject to hydrolysis) is 1. The second-order valence-corrected chi connectivity index (χ2v) is 12.9. The van der Waals surface area contributed by atoms with Gasteiger partial charge in [0.2, 0.25) is 5.91 Å². The van der Waals surface area contributed by atoms with Gasteiger partial charge in [-0.2, -0.15) is 0 Å². The Labute approximate surface area is 249 Å². The maximum Gasteiger partial charge on any atom is 0.408 e. The number of anilines is 1. The Hall–Kier alpha value is -3.59. The predicted octanol–water partition coefficient (Wildman–Crippen LogP) is 6.42. The lowest BCUT2D eigenvalue weighted by atomic mass is 9.87. The van der Waals surface area contributed by atoms with E-state index >= 15 is 0 Å². The fourth-order valence-electron chi connectivity index (χ4n) is 6.24. The Kier molecular flexibility index (Phi) is 9.50. The number of fused-ring (bicyclic) bond motifs is 1. The lowest BCUT2D eigenvalue weighted by molar-refractivity contribution is -0.117. The lowest BCUT2D eigenvalue weighted by Crippen LogP contribution is -2.48. The molecule has 2 aliphatic heterocycles. The third-order valence-corrected chi connectivity index (χ3v) is 8.11. The largest absolute Gasteiger partial charge is 0.465 e. The van der Waals surface area contributed by atoms with E-state index < -0.39 is 11.7 Å². The summed E-state index contributed by atoms with van der Waals surface area (Å²) in [4.78, 5) is 42.6. The lowest BCUT2D eigenvalue weighted by Gasteiger charge is -2.43. The van der Waals surface area contributed by atoms with Crippen molar-refractivity contribution in [3.63, 3.8) is 0 Å². The van der Waals surface area contributed by atoms with Crippen LogP contribution < -0.4 is 10.2 Å². The molecule has 2 atom stereocenters. The highest BCUT2D eigenvalue weighted by Crippen LogP contribution is 2.43. The van der Waals surface area contributed by atoms with Crippen LogP contribution in [0.5, 0.6) is 0 Å². The number of likely N-dealkylation sites (tertiary alicyclic amines) is 1. The molecule has 1 fully saturated rings. The summed E-state index contributed by atoms with van der Waals surface area (Å²) in [5, 5.41) is 13.0. The van der Waals surface area contributed by atoms with Crippen molar-refractivity contribution >= 4 is 23.8 Å². The van der Waals surface area contributed by atoms with Crippen LogP contribution in [0.25, 0.3) is 11.1 Å². The number of hydrogen-bond acceptors (Lipinski definition) is 5. The summed E-state index contributed by atoms with van der Waals surface area (Å²) in [5.74, 6) is -0.0459. The van der Waals surface area contributed by atoms with E-state index in [1.54, 1.807) is 11.8 Å². The maximum absolute atomic E-state index is 12.6. The number of carbonyl (C=O) groups excluding carboxylic acids is 2. The van der Waals surface area contributed by atoms with E-state index in [2.05, 4.69) is 40.5 Å². The number of piperidine rings is 1. The first-order chi connectivity index (χ1) is 19.7. The Morgan fingerprint density at radius 1 is 1.05 bits per heavy atom. The predicted molar refractivity (Wildman–Crippen MR) is 165 cm³/mol. The van der Waals surface area contributed by atoms with E-state index in [1.807, 2.05) is 53.7 Å². The molecule has 2 N–H and O–H groups in total. The van der Waals surface area contributed by atoms with Crippen LogP contribution in [-0.2, 0) is 16.1 Å². The third-order valence-electron chi connectivity index (χ3n) is 8.11. The van der Waals surface area contributed by atoms with Crippen LogP contribution >= 0.6 is 0 Å². The smallest absolute Gasteiger partial charge is 0.408 e. The van der Waals surface area contributed by atoms with Crippen LogP contribution in [0.2, 0.25) is 0 Å². The summed E-state index contributed by atoms with van der Waals surface area (Å²) in [6, 6.07) is 14.0. The number of carbonyl (C=O) groups is 3. The van der Waals surface area contributed by atoms with Crippen molar-refractivity contribution in [1.29, 1.82) is 0 Å². The molecule has 2 aromatic carbocycles. The minimum Gasteiger partial charge on any atom is -0.465 e. The molecule has 9 heteroatoms. The number of carboxylic acid groups (broad SMARTS) is 1. The van der Waals surface area contributed by atoms with Gasteiger partial charge in [-0.15, -0.1) is 0 Å². The molecule has 0 saturated carbocycles. The number of benzene rings is 2. The van der Waals surface area contributed by atoms with Crippen molar-refractivity contribution in [2.75, 3.05) is 18.0 Å². The highest BCUT2D eigenvalue weighted by atomic mass is 16.6. The van der Waals surface area contributed by atoms with E-state index in [4.69, 9.17) is 4.74 Å². The van der Waals surface area contributed by atoms with Crippen molar-refractivity contribution in [3.05, 3.63) is 53.6 Å². The number of nitrogens with one attached hydrogen (secondary N) is 1. The zero-order valence-corrected chi connectivity index (χ0v) is 26.0. The first-order valence-electron chi connectivity index (χ1n) is 15.0. The molecule has 2 aromatic rings. The monoisotopic (exact) mass is 578 g/mol. The molecule has 228 valence electrons. The van der Waals surface area contributed by atoms with Crippen molar-refractivity contribution < 1.29 is 24.2 Å². The summed E-state index contributed by atoms with van der Waals surface area (Å²) in [6.07, 6.45) is 1.00. The highest BCUT2D eigenvalue weighted by molar-refractivity contribution is 5.94. The minimum absolute atomic E-state index is 0.0459. The van der Waals surface area contributed by atoms with Crippen LogP contribution in [0.15, 0.2) is 42.5 Å². The van der Waals surface area contributed by atoms with Gasteiger partial charge in [0, 0.05) is 50.4 Å². The topological polar surface area (TPSA) is 102 Å². The van der Waals surface area contributed by atoms with Gasteiger partial charge in [0.1, 0.15) is 5.60 Å². The van der Waals surface area contributed by atoms with E-state index in [0.29, 0.717) is 6.42 Å². The van der Waals surface area contributed by atoms with Gasteiger partial charge in [-0.25, -0.2) is 9.59 Å². The minimum atomic E-state index is -0.955. The molecule has 3 amide bonds. The van der Waals surface area contributed by atoms with Crippen LogP contribution in [0.4, 0.5) is 15.3 Å². The molecular formula is C33H46N4O5. The summed E-state index contributed by atoms with van der Waals surface area (Å²) in [7, 11) is 0. The molecule has 0 aromatic heterocycles. The fraction of sp³-hybridized carbons (Fsp3) is 0.545. The SMILES string of the molecule is CC(=O)N1c2ccc(-c3ccc(CN4CCC(NC(=O)OC(C)(C)C)CC4)cc3)cc2[C@H](N(C(=O)O)C(C)C)C[C@@H]1C. The van der Waals surface area contributed by atoms with Gasteiger partial charge < -0.3 is 20.1 Å². The Bertz CT molecular complexity index is 1280. The molecule has 4 rings (SSSR count). The van der Waals surface area contributed by atoms with Crippen LogP contribution in [0.3, 0.4) is 0 Å². The van der Waals surface area contributed by atoms with E-state index in [9.17, 15) is 19.5 Å². The summed E-state index contributed by atoms with van der Waals surface area (Å²) in [5.41, 5.74) is 4.39. The van der Waals surface area contributed by atoms with Crippen LogP contribution in [0.1, 0.15) is 84.9 Å². The molecule has 2 heterocycles. The molecule has 1 saturated heterocycles. The fourth-order valence-corrected chi connectivity index (χ4v) is 6.24. The molecule has 0 radical (unpaired) electrons. The van der Waals surface area contributed by atoms with Gasteiger partial charge >= 0.3 is 12.2 Å². The number of nitrogens with zero attached hydrogens (tertiary/aromatic N) is 3. The molecule has 9 nitrogen and oxygen atoms in total. The van der Waals surface area contributed by atoms with Crippen molar-refractivity contribution in [3.8, 4) is 11.1 Å². The summed E-state index contributed by atoms with van der Waals surface area (Å²) >= 11 is 0.